The molecule has 0 radical (unpaired) electrons. The van der Waals surface area contributed by atoms with E-state index in [1.165, 1.54) is 66.6 Å². The van der Waals surface area contributed by atoms with Crippen molar-refractivity contribution in [2.75, 3.05) is 4.90 Å². The summed E-state index contributed by atoms with van der Waals surface area (Å²) in [6, 6.07) is 54.9. The van der Waals surface area contributed by atoms with E-state index >= 15 is 0 Å². The van der Waals surface area contributed by atoms with Crippen LogP contribution >= 0.6 is 0 Å². The van der Waals surface area contributed by atoms with E-state index in [0.29, 0.717) is 13.1 Å². The molecule has 0 aromatic heterocycles. The maximum Gasteiger partial charge on any atom is 0.269 e. The van der Waals surface area contributed by atoms with Gasteiger partial charge in [0.2, 0.25) is 5.69 Å². The van der Waals surface area contributed by atoms with Gasteiger partial charge in [-0.2, -0.15) is 4.58 Å². The van der Waals surface area contributed by atoms with Crippen molar-refractivity contribution in [3.05, 3.63) is 214 Å². The number of nitro benzene ring substituents is 1. The molecule has 0 aliphatic carbocycles. The monoisotopic (exact) mass is 744 g/mol. The largest absolute Gasteiger partial charge is 0.339 e. The molecule has 0 N–H and O–H groups in total. The van der Waals surface area contributed by atoms with E-state index in [1.54, 1.807) is 12.1 Å². The average Bonchev–Trinajstić information content (AvgIpc) is 3.60. The lowest BCUT2D eigenvalue weighted by Gasteiger charge is -2.30. The van der Waals surface area contributed by atoms with Gasteiger partial charge in [-0.3, -0.25) is 10.1 Å². The first-order valence-electron chi connectivity index (χ1n) is 19.9. The highest BCUT2D eigenvalue weighted by atomic mass is 16.6. The van der Waals surface area contributed by atoms with Gasteiger partial charge >= 0.3 is 0 Å². The molecule has 7 aromatic carbocycles. The molecule has 5 nitrogen and oxygen atoms in total. The molecule has 2 heterocycles. The fourth-order valence-electron chi connectivity index (χ4n) is 9.36. The number of rotatable bonds is 9. The summed E-state index contributed by atoms with van der Waals surface area (Å²) in [5.74, 6) is 0. The second-order valence-corrected chi connectivity index (χ2v) is 16.1. The third kappa shape index (κ3) is 6.15. The van der Waals surface area contributed by atoms with Gasteiger partial charge < -0.3 is 4.90 Å². The van der Waals surface area contributed by atoms with Gasteiger partial charge in [-0.05, 0) is 101 Å². The standard InChI is InChI=1S/C52H46N3O2/c1-5-52(4)48(54(35-37-18-10-7-11-19-37)46-31-27-40-21-13-15-23-44(40)50(46)52)33-41(38-24-28-42(29-25-38)55(56)57)32-47-51(2,3)49-43-22-14-12-20-39(43)26-30-45(49)53(47)34-36-16-8-6-9-17-36/h6-33H,5,34-35H2,1-4H3/q+1. The Balaban J connectivity index is 1.32. The third-order valence-electron chi connectivity index (χ3n) is 12.4. The molecule has 1 atom stereocenters. The van der Waals surface area contributed by atoms with Crippen molar-refractivity contribution in [2.45, 2.75) is 58.0 Å². The molecule has 7 aromatic rings. The van der Waals surface area contributed by atoms with Crippen LogP contribution in [-0.4, -0.2) is 15.2 Å². The van der Waals surface area contributed by atoms with Crippen LogP contribution in [0, 0.1) is 10.1 Å². The summed E-state index contributed by atoms with van der Waals surface area (Å²) in [4.78, 5) is 14.1. The van der Waals surface area contributed by atoms with Crippen LogP contribution in [0.15, 0.2) is 176 Å². The molecule has 0 spiro atoms. The molecule has 0 saturated carbocycles. The first kappa shape index (κ1) is 36.1. The number of nitro groups is 1. The minimum atomic E-state index is -0.373. The van der Waals surface area contributed by atoms with Crippen molar-refractivity contribution in [1.82, 2.24) is 0 Å². The minimum Gasteiger partial charge on any atom is -0.339 e. The average molecular weight is 745 g/mol. The van der Waals surface area contributed by atoms with Crippen molar-refractivity contribution < 1.29 is 9.50 Å². The third-order valence-corrected chi connectivity index (χ3v) is 12.4. The van der Waals surface area contributed by atoms with E-state index in [0.717, 1.165) is 17.6 Å². The number of allylic oxidation sites excluding steroid dienone is 4. The molecule has 5 heteroatoms. The molecule has 280 valence electrons. The fourth-order valence-corrected chi connectivity index (χ4v) is 9.36. The van der Waals surface area contributed by atoms with E-state index in [4.69, 9.17) is 0 Å². The first-order valence-corrected chi connectivity index (χ1v) is 19.9. The molecular weight excluding hydrogens is 699 g/mol. The van der Waals surface area contributed by atoms with Gasteiger partial charge in [-0.25, -0.2) is 0 Å². The Kier molecular flexibility index (Phi) is 8.96. The number of nitrogens with zero attached hydrogens (tertiary/aromatic N) is 3. The lowest BCUT2D eigenvalue weighted by Crippen LogP contribution is -2.29. The van der Waals surface area contributed by atoms with Crippen LogP contribution in [0.1, 0.15) is 61.9 Å². The zero-order valence-electron chi connectivity index (χ0n) is 32.9. The predicted molar refractivity (Wildman–Crippen MR) is 235 cm³/mol. The summed E-state index contributed by atoms with van der Waals surface area (Å²) in [7, 11) is 0. The van der Waals surface area contributed by atoms with Gasteiger partial charge in [0.15, 0.2) is 12.3 Å². The molecule has 57 heavy (non-hydrogen) atoms. The zero-order valence-corrected chi connectivity index (χ0v) is 32.9. The summed E-state index contributed by atoms with van der Waals surface area (Å²) in [6.07, 6.45) is 5.63. The topological polar surface area (TPSA) is 49.4 Å². The normalized spacial score (nSPS) is 18.1. The van der Waals surface area contributed by atoms with Gasteiger partial charge in [-0.1, -0.05) is 122 Å². The van der Waals surface area contributed by atoms with E-state index in [-0.39, 0.29) is 21.4 Å². The zero-order chi connectivity index (χ0) is 39.3. The highest BCUT2D eigenvalue weighted by Gasteiger charge is 2.47. The van der Waals surface area contributed by atoms with Crippen LogP contribution in [-0.2, 0) is 23.9 Å². The van der Waals surface area contributed by atoms with Gasteiger partial charge in [0.1, 0.15) is 0 Å². The maximum atomic E-state index is 11.9. The van der Waals surface area contributed by atoms with Gasteiger partial charge in [0, 0.05) is 58.7 Å². The molecule has 2 aliphatic heterocycles. The quantitative estimate of drug-likeness (QED) is 0.0840. The van der Waals surface area contributed by atoms with Gasteiger partial charge in [-0.15, -0.1) is 0 Å². The summed E-state index contributed by atoms with van der Waals surface area (Å²) in [5.41, 5.74) is 11.2. The first-order chi connectivity index (χ1) is 27.7. The van der Waals surface area contributed by atoms with E-state index in [9.17, 15) is 10.1 Å². The molecular formula is C52H46N3O2+. The summed E-state index contributed by atoms with van der Waals surface area (Å²) < 4.78 is 2.48. The molecule has 0 amide bonds. The second-order valence-electron chi connectivity index (χ2n) is 16.1. The van der Waals surface area contributed by atoms with E-state index in [2.05, 4.69) is 183 Å². The Morgan fingerprint density at radius 2 is 1.26 bits per heavy atom. The minimum absolute atomic E-state index is 0.0769. The molecule has 1 unspecified atom stereocenters. The molecule has 0 saturated heterocycles. The van der Waals surface area contributed by atoms with Crippen molar-refractivity contribution >= 4 is 49.9 Å². The number of fused-ring (bicyclic) bond motifs is 6. The SMILES string of the molecule is CCC1(C)/C(=C\C(=C\C2=[N+](Cc3ccccc3)c3ccc4ccccc4c3C2(C)C)c2ccc([N+](=O)[O-])cc2)N(Cc2ccccc2)c2ccc3ccccc3c21. The van der Waals surface area contributed by atoms with Crippen LogP contribution in [0.25, 0.3) is 27.1 Å². The second kappa shape index (κ2) is 14.2. The highest BCUT2D eigenvalue weighted by molar-refractivity contribution is 6.11. The number of benzene rings is 7. The Bertz CT molecular complexity index is 2780. The fraction of sp³-hybridized carbons (Fsp3) is 0.173. The van der Waals surface area contributed by atoms with Crippen LogP contribution in [0.4, 0.5) is 17.1 Å². The number of hydrogen-bond acceptors (Lipinski definition) is 3. The van der Waals surface area contributed by atoms with Crippen molar-refractivity contribution in [3.8, 4) is 0 Å². The maximum absolute atomic E-state index is 11.9. The van der Waals surface area contributed by atoms with Gasteiger partial charge in [0.05, 0.1) is 10.3 Å². The van der Waals surface area contributed by atoms with Crippen LogP contribution in [0.5, 0.6) is 0 Å². The lowest BCUT2D eigenvalue weighted by molar-refractivity contribution is -0.454. The summed E-state index contributed by atoms with van der Waals surface area (Å²) >= 11 is 0. The molecule has 9 rings (SSSR count). The molecule has 0 bridgehead atoms. The Hall–Kier alpha value is -6.59. The number of non-ortho nitro benzene ring substituents is 1. The molecule has 2 aliphatic rings. The van der Waals surface area contributed by atoms with Crippen molar-refractivity contribution in [2.24, 2.45) is 0 Å². The Labute approximate surface area is 334 Å². The van der Waals surface area contributed by atoms with Crippen LogP contribution in [0.2, 0.25) is 0 Å². The number of hydrogen-bond donors (Lipinski definition) is 0. The highest BCUT2D eigenvalue weighted by Crippen LogP contribution is 2.54. The Morgan fingerprint density at radius 1 is 0.684 bits per heavy atom. The molecule has 0 fully saturated rings. The predicted octanol–water partition coefficient (Wildman–Crippen LogP) is 12.8. The Morgan fingerprint density at radius 3 is 1.89 bits per heavy atom. The van der Waals surface area contributed by atoms with Crippen LogP contribution < -0.4 is 4.90 Å². The number of anilines is 1. The summed E-state index contributed by atoms with van der Waals surface area (Å²) in [5, 5.41) is 16.9. The van der Waals surface area contributed by atoms with E-state index in [1.807, 2.05) is 12.1 Å². The smallest absolute Gasteiger partial charge is 0.269 e. The van der Waals surface area contributed by atoms with Crippen molar-refractivity contribution in [1.29, 1.82) is 0 Å². The lowest BCUT2D eigenvalue weighted by atomic mass is 9.76. The van der Waals surface area contributed by atoms with E-state index < -0.39 is 0 Å². The summed E-state index contributed by atoms with van der Waals surface area (Å²) in [6.45, 7) is 10.8. The van der Waals surface area contributed by atoms with Crippen molar-refractivity contribution in [3.63, 3.8) is 0 Å². The van der Waals surface area contributed by atoms with Crippen LogP contribution in [0.3, 0.4) is 0 Å². The van der Waals surface area contributed by atoms with Gasteiger partial charge in [0.25, 0.3) is 5.69 Å².